The summed E-state index contributed by atoms with van der Waals surface area (Å²) in [5, 5.41) is 1.62. The van der Waals surface area contributed by atoms with Gasteiger partial charge < -0.3 is 19.4 Å². The number of fused-ring (bicyclic) bond motifs is 1. The van der Waals surface area contributed by atoms with Crippen LogP contribution in [0.2, 0.25) is 5.02 Å². The molecule has 27 heavy (non-hydrogen) atoms. The molecule has 8 heteroatoms. The van der Waals surface area contributed by atoms with Gasteiger partial charge in [-0.25, -0.2) is 14.8 Å². The van der Waals surface area contributed by atoms with Crippen LogP contribution in [0.3, 0.4) is 0 Å². The number of piperidine rings is 1. The van der Waals surface area contributed by atoms with Crippen LogP contribution in [0.5, 0.6) is 0 Å². The average molecular weight is 390 g/mol. The zero-order valence-corrected chi connectivity index (χ0v) is 16.2. The smallest absolute Gasteiger partial charge is 0.320 e. The number of ether oxygens (including phenoxy) is 1. The molecule has 2 saturated heterocycles. The number of anilines is 1. The molecule has 0 spiro atoms. The van der Waals surface area contributed by atoms with Gasteiger partial charge in [-0.2, -0.15) is 0 Å². The summed E-state index contributed by atoms with van der Waals surface area (Å²) in [5.74, 6) is 0.888. The number of halogens is 1. The van der Waals surface area contributed by atoms with Gasteiger partial charge in [-0.15, -0.1) is 0 Å². The highest BCUT2D eigenvalue weighted by atomic mass is 35.5. The van der Waals surface area contributed by atoms with E-state index in [0.29, 0.717) is 31.3 Å². The number of amides is 2. The van der Waals surface area contributed by atoms with Crippen LogP contribution < -0.4 is 4.90 Å². The fourth-order valence-corrected chi connectivity index (χ4v) is 4.04. The molecule has 1 unspecified atom stereocenters. The molecule has 1 aromatic carbocycles. The van der Waals surface area contributed by atoms with Crippen molar-refractivity contribution in [1.82, 2.24) is 19.8 Å². The Kier molecular flexibility index (Phi) is 5.31. The van der Waals surface area contributed by atoms with E-state index >= 15 is 0 Å². The topological polar surface area (TPSA) is 61.8 Å². The molecule has 0 saturated carbocycles. The summed E-state index contributed by atoms with van der Waals surface area (Å²) in [6.45, 7) is 4.22. The minimum absolute atomic E-state index is 0.0840. The summed E-state index contributed by atoms with van der Waals surface area (Å²) in [7, 11) is 1.90. The Balaban J connectivity index is 1.53. The first-order valence-corrected chi connectivity index (χ1v) is 9.76. The second-order valence-corrected chi connectivity index (χ2v) is 7.53. The Morgan fingerprint density at radius 3 is 2.89 bits per heavy atom. The number of benzene rings is 1. The summed E-state index contributed by atoms with van der Waals surface area (Å²) >= 11 is 6.19. The Morgan fingerprint density at radius 1 is 1.26 bits per heavy atom. The number of aromatic nitrogens is 2. The van der Waals surface area contributed by atoms with E-state index < -0.39 is 0 Å². The summed E-state index contributed by atoms with van der Waals surface area (Å²) in [6.07, 6.45) is 3.60. The van der Waals surface area contributed by atoms with Gasteiger partial charge >= 0.3 is 6.03 Å². The Morgan fingerprint density at radius 2 is 2.07 bits per heavy atom. The molecule has 0 bridgehead atoms. The first-order valence-electron chi connectivity index (χ1n) is 9.38. The quantitative estimate of drug-likeness (QED) is 0.790. The predicted molar refractivity (Wildman–Crippen MR) is 105 cm³/mol. The number of hydrogen-bond donors (Lipinski definition) is 0. The van der Waals surface area contributed by atoms with Gasteiger partial charge in [0.25, 0.3) is 0 Å². The van der Waals surface area contributed by atoms with Crippen LogP contribution in [-0.2, 0) is 4.74 Å². The van der Waals surface area contributed by atoms with Crippen LogP contribution in [0.1, 0.15) is 12.8 Å². The highest BCUT2D eigenvalue weighted by Gasteiger charge is 2.30. The van der Waals surface area contributed by atoms with Crippen molar-refractivity contribution in [2.45, 2.75) is 18.9 Å². The van der Waals surface area contributed by atoms with Crippen molar-refractivity contribution < 1.29 is 9.53 Å². The largest absolute Gasteiger partial charge is 0.378 e. The molecule has 2 fully saturated rings. The van der Waals surface area contributed by atoms with Crippen molar-refractivity contribution in [2.24, 2.45) is 0 Å². The van der Waals surface area contributed by atoms with Gasteiger partial charge in [-0.1, -0.05) is 11.6 Å². The van der Waals surface area contributed by atoms with Crippen molar-refractivity contribution in [3.05, 3.63) is 29.5 Å². The Hall–Kier alpha value is -2.12. The van der Waals surface area contributed by atoms with Crippen molar-refractivity contribution in [2.75, 3.05) is 51.3 Å². The van der Waals surface area contributed by atoms with E-state index in [9.17, 15) is 4.79 Å². The SMILES string of the molecule is CN(C(=O)N1CCOCC1)C1CCCN(c2ncnc3ccc(Cl)cc23)C1. The summed E-state index contributed by atoms with van der Waals surface area (Å²) in [4.78, 5) is 27.7. The highest BCUT2D eigenvalue weighted by molar-refractivity contribution is 6.31. The van der Waals surface area contributed by atoms with E-state index in [0.717, 1.165) is 42.7 Å². The van der Waals surface area contributed by atoms with Gasteiger partial charge in [0, 0.05) is 43.6 Å². The molecule has 0 aliphatic carbocycles. The maximum Gasteiger partial charge on any atom is 0.320 e. The lowest BCUT2D eigenvalue weighted by molar-refractivity contribution is 0.0414. The van der Waals surface area contributed by atoms with E-state index in [-0.39, 0.29) is 12.1 Å². The molecule has 0 N–H and O–H groups in total. The van der Waals surface area contributed by atoms with Crippen LogP contribution in [0.25, 0.3) is 10.9 Å². The minimum Gasteiger partial charge on any atom is -0.378 e. The maximum atomic E-state index is 12.8. The van der Waals surface area contributed by atoms with Crippen LogP contribution >= 0.6 is 11.6 Å². The second-order valence-electron chi connectivity index (χ2n) is 7.09. The van der Waals surface area contributed by atoms with Crippen molar-refractivity contribution in [3.63, 3.8) is 0 Å². The molecule has 144 valence electrons. The third-order valence-electron chi connectivity index (χ3n) is 5.40. The predicted octanol–water partition coefficient (Wildman–Crippen LogP) is 2.64. The van der Waals surface area contributed by atoms with Gasteiger partial charge in [0.2, 0.25) is 0 Å². The third kappa shape index (κ3) is 3.80. The Labute approximate surface area is 163 Å². The fraction of sp³-hybridized carbons (Fsp3) is 0.526. The van der Waals surface area contributed by atoms with Crippen LogP contribution in [0.15, 0.2) is 24.5 Å². The van der Waals surface area contributed by atoms with Gasteiger partial charge in [-0.3, -0.25) is 0 Å². The number of urea groups is 1. The molecular weight excluding hydrogens is 366 g/mol. The minimum atomic E-state index is 0.0840. The Bertz CT molecular complexity index is 827. The molecule has 3 heterocycles. The molecule has 2 aliphatic heterocycles. The number of hydrogen-bond acceptors (Lipinski definition) is 5. The van der Waals surface area contributed by atoms with E-state index in [1.807, 2.05) is 35.0 Å². The molecule has 2 aliphatic rings. The van der Waals surface area contributed by atoms with Gasteiger partial charge in [-0.05, 0) is 31.0 Å². The van der Waals surface area contributed by atoms with Gasteiger partial charge in [0.15, 0.2) is 0 Å². The number of nitrogens with zero attached hydrogens (tertiary/aromatic N) is 5. The maximum absolute atomic E-state index is 12.8. The van der Waals surface area contributed by atoms with Crippen molar-refractivity contribution >= 4 is 34.4 Å². The van der Waals surface area contributed by atoms with Crippen molar-refractivity contribution in [1.29, 1.82) is 0 Å². The summed E-state index contributed by atoms with van der Waals surface area (Å²) < 4.78 is 5.35. The lowest BCUT2D eigenvalue weighted by atomic mass is 10.0. The number of likely N-dealkylation sites (N-methyl/N-ethyl adjacent to an activating group) is 1. The summed E-state index contributed by atoms with van der Waals surface area (Å²) in [5.41, 5.74) is 0.879. The number of carbonyl (C=O) groups excluding carboxylic acids is 1. The van der Waals surface area contributed by atoms with Gasteiger partial charge in [0.05, 0.1) is 24.8 Å². The monoisotopic (exact) mass is 389 g/mol. The molecule has 7 nitrogen and oxygen atoms in total. The number of carbonyl (C=O) groups is 1. The van der Waals surface area contributed by atoms with Crippen LogP contribution in [0, 0.1) is 0 Å². The average Bonchev–Trinajstić information content (AvgIpc) is 2.73. The van der Waals surface area contributed by atoms with E-state index in [1.165, 1.54) is 0 Å². The zero-order valence-electron chi connectivity index (χ0n) is 15.5. The lowest BCUT2D eigenvalue weighted by Crippen LogP contribution is -2.54. The van der Waals surface area contributed by atoms with E-state index in [4.69, 9.17) is 16.3 Å². The van der Waals surface area contributed by atoms with E-state index in [2.05, 4.69) is 14.9 Å². The van der Waals surface area contributed by atoms with E-state index in [1.54, 1.807) is 6.33 Å². The summed E-state index contributed by atoms with van der Waals surface area (Å²) in [6, 6.07) is 5.91. The molecule has 2 aromatic rings. The standard InChI is InChI=1S/C19H24ClN5O2/c1-23(19(26)24-7-9-27-10-8-24)15-3-2-6-25(12-15)18-16-11-14(20)4-5-17(16)21-13-22-18/h4-5,11,13,15H,2-3,6-10,12H2,1H3. The normalized spacial score (nSPS) is 20.7. The molecular formula is C19H24ClN5O2. The molecule has 0 radical (unpaired) electrons. The van der Waals surface area contributed by atoms with Crippen LogP contribution in [0.4, 0.5) is 10.6 Å². The molecule has 4 rings (SSSR count). The number of morpholine rings is 1. The first kappa shape index (κ1) is 18.3. The molecule has 2 amide bonds. The van der Waals surface area contributed by atoms with Crippen molar-refractivity contribution in [3.8, 4) is 0 Å². The third-order valence-corrected chi connectivity index (χ3v) is 5.64. The highest BCUT2D eigenvalue weighted by Crippen LogP contribution is 2.29. The fourth-order valence-electron chi connectivity index (χ4n) is 3.86. The van der Waals surface area contributed by atoms with Gasteiger partial charge in [0.1, 0.15) is 12.1 Å². The number of rotatable bonds is 2. The molecule has 1 atom stereocenters. The second kappa shape index (κ2) is 7.86. The zero-order chi connectivity index (χ0) is 18.8. The molecule has 1 aromatic heterocycles. The lowest BCUT2D eigenvalue weighted by Gasteiger charge is -2.40. The first-order chi connectivity index (χ1) is 13.1. The van der Waals surface area contributed by atoms with Crippen LogP contribution in [-0.4, -0.2) is 78.3 Å².